The molecule has 1 N–H and O–H groups in total. The van der Waals surface area contributed by atoms with Gasteiger partial charge in [0.15, 0.2) is 0 Å². The molecule has 0 atom stereocenters. The number of aromatic hydroxyl groups is 1. The monoisotopic (exact) mass is 374 g/mol. The van der Waals surface area contributed by atoms with Gasteiger partial charge in [-0.25, -0.2) is 0 Å². The zero-order chi connectivity index (χ0) is 18.5. The summed E-state index contributed by atoms with van der Waals surface area (Å²) in [5.74, 6) is -0.0150. The highest BCUT2D eigenvalue weighted by Gasteiger charge is 2.17. The molecule has 0 unspecified atom stereocenters. The van der Waals surface area contributed by atoms with Crippen molar-refractivity contribution in [1.29, 1.82) is 0 Å². The van der Waals surface area contributed by atoms with Crippen LogP contribution in [0.25, 0.3) is 10.9 Å². The molecule has 140 valence electrons. The van der Waals surface area contributed by atoms with Crippen molar-refractivity contribution in [2.24, 2.45) is 4.99 Å². The first-order valence-electron chi connectivity index (χ1n) is 9.70. The topological polar surface area (TPSA) is 54.6 Å². The van der Waals surface area contributed by atoms with Gasteiger partial charge in [0.2, 0.25) is 0 Å². The third-order valence-electron chi connectivity index (χ3n) is 5.21. The second-order valence-electron chi connectivity index (χ2n) is 7.16. The number of hydrogen-bond acceptors (Lipinski definition) is 3. The first-order valence-corrected chi connectivity index (χ1v) is 10.1. The van der Waals surface area contributed by atoms with Crippen LogP contribution in [0.15, 0.2) is 28.0 Å². The van der Waals surface area contributed by atoms with E-state index in [-0.39, 0.29) is 22.9 Å². The molecule has 5 heteroatoms. The highest BCUT2D eigenvalue weighted by Crippen LogP contribution is 2.29. The lowest BCUT2D eigenvalue weighted by molar-refractivity contribution is 0.444. The summed E-state index contributed by atoms with van der Waals surface area (Å²) >= 11 is 6.13. The molecule has 0 aliphatic heterocycles. The van der Waals surface area contributed by atoms with E-state index in [1.165, 1.54) is 19.3 Å². The van der Waals surface area contributed by atoms with E-state index in [2.05, 4.69) is 11.9 Å². The van der Waals surface area contributed by atoms with Crippen LogP contribution in [-0.4, -0.2) is 21.9 Å². The number of rotatable bonds is 6. The van der Waals surface area contributed by atoms with Gasteiger partial charge in [0.1, 0.15) is 11.3 Å². The number of fused-ring (bicyclic) bond motifs is 1. The second kappa shape index (κ2) is 8.72. The van der Waals surface area contributed by atoms with E-state index >= 15 is 0 Å². The maximum absolute atomic E-state index is 13.0. The minimum Gasteiger partial charge on any atom is -0.506 e. The van der Waals surface area contributed by atoms with Gasteiger partial charge in [-0.1, -0.05) is 50.6 Å². The molecule has 1 fully saturated rings. The molecular formula is C21H27ClN2O2. The van der Waals surface area contributed by atoms with E-state index in [0.717, 1.165) is 37.6 Å². The Bertz CT molecular complexity index is 851. The van der Waals surface area contributed by atoms with Crippen LogP contribution in [0.1, 0.15) is 63.9 Å². The van der Waals surface area contributed by atoms with E-state index < -0.39 is 0 Å². The van der Waals surface area contributed by atoms with E-state index in [9.17, 15) is 9.90 Å². The zero-order valence-electron chi connectivity index (χ0n) is 15.4. The molecule has 1 heterocycles. The SMILES string of the molecule is CCCCCn1c(=O)c(C=NC2CCCCC2)c(O)c2cc(Cl)ccc21. The number of halogens is 1. The summed E-state index contributed by atoms with van der Waals surface area (Å²) in [6, 6.07) is 5.55. The highest BCUT2D eigenvalue weighted by atomic mass is 35.5. The number of hydrogen-bond donors (Lipinski definition) is 1. The first kappa shape index (κ1) is 19.0. The summed E-state index contributed by atoms with van der Waals surface area (Å²) in [6.45, 7) is 2.77. The molecule has 0 radical (unpaired) electrons. The Balaban J connectivity index is 2.06. The Morgan fingerprint density at radius 3 is 2.77 bits per heavy atom. The predicted molar refractivity (Wildman–Crippen MR) is 109 cm³/mol. The number of unbranched alkanes of at least 4 members (excludes halogenated alkanes) is 2. The third-order valence-corrected chi connectivity index (χ3v) is 5.44. The van der Waals surface area contributed by atoms with Gasteiger partial charge >= 0.3 is 0 Å². The largest absolute Gasteiger partial charge is 0.506 e. The predicted octanol–water partition coefficient (Wildman–Crippen LogP) is 5.30. The Morgan fingerprint density at radius 1 is 1.27 bits per heavy atom. The van der Waals surface area contributed by atoms with E-state index in [1.54, 1.807) is 22.9 Å². The van der Waals surface area contributed by atoms with Crippen LogP contribution < -0.4 is 5.56 Å². The van der Waals surface area contributed by atoms with Gasteiger partial charge in [0.25, 0.3) is 5.56 Å². The fraction of sp³-hybridized carbons (Fsp3) is 0.524. The van der Waals surface area contributed by atoms with Crippen LogP contribution in [0.2, 0.25) is 5.02 Å². The van der Waals surface area contributed by atoms with Crippen molar-refractivity contribution >= 4 is 28.7 Å². The standard InChI is InChI=1S/C21H27ClN2O2/c1-2-3-7-12-24-19-11-10-15(22)13-17(19)20(25)18(21(24)26)14-23-16-8-5-4-6-9-16/h10-11,13-14,16,25H,2-9,12H2,1H3. The van der Waals surface area contributed by atoms with Crippen molar-refractivity contribution in [1.82, 2.24) is 4.57 Å². The number of benzene rings is 1. The summed E-state index contributed by atoms with van der Waals surface area (Å²) in [4.78, 5) is 17.6. The maximum Gasteiger partial charge on any atom is 0.263 e. The summed E-state index contributed by atoms with van der Waals surface area (Å²) in [5, 5.41) is 11.9. The zero-order valence-corrected chi connectivity index (χ0v) is 16.1. The number of pyridine rings is 1. The lowest BCUT2D eigenvalue weighted by atomic mass is 9.96. The van der Waals surface area contributed by atoms with Crippen LogP contribution in [-0.2, 0) is 6.54 Å². The van der Waals surface area contributed by atoms with Crippen molar-refractivity contribution in [2.75, 3.05) is 0 Å². The molecule has 1 aliphatic carbocycles. The Labute approximate surface area is 159 Å². The molecule has 1 aromatic heterocycles. The summed E-state index contributed by atoms with van der Waals surface area (Å²) in [7, 11) is 0. The molecule has 2 aromatic rings. The average Bonchev–Trinajstić information content (AvgIpc) is 2.65. The number of nitrogens with zero attached hydrogens (tertiary/aromatic N) is 2. The molecular weight excluding hydrogens is 348 g/mol. The van der Waals surface area contributed by atoms with Gasteiger partial charge in [-0.15, -0.1) is 0 Å². The van der Waals surface area contributed by atoms with Crippen molar-refractivity contribution in [3.05, 3.63) is 39.1 Å². The normalized spacial score (nSPS) is 15.9. The van der Waals surface area contributed by atoms with Crippen molar-refractivity contribution in [3.63, 3.8) is 0 Å². The Morgan fingerprint density at radius 2 is 2.04 bits per heavy atom. The Kier molecular flexibility index (Phi) is 6.36. The fourth-order valence-corrected chi connectivity index (χ4v) is 3.87. The fourth-order valence-electron chi connectivity index (χ4n) is 3.70. The van der Waals surface area contributed by atoms with E-state index in [0.29, 0.717) is 17.0 Å². The van der Waals surface area contributed by atoms with Crippen molar-refractivity contribution < 1.29 is 5.11 Å². The van der Waals surface area contributed by atoms with Crippen LogP contribution in [0.4, 0.5) is 0 Å². The molecule has 3 rings (SSSR count). The van der Waals surface area contributed by atoms with Crippen LogP contribution in [0, 0.1) is 0 Å². The van der Waals surface area contributed by atoms with Gasteiger partial charge in [0.05, 0.1) is 5.52 Å². The summed E-state index contributed by atoms with van der Waals surface area (Å²) in [5.41, 5.74) is 0.831. The van der Waals surface area contributed by atoms with Crippen LogP contribution >= 0.6 is 11.6 Å². The molecule has 4 nitrogen and oxygen atoms in total. The van der Waals surface area contributed by atoms with Crippen molar-refractivity contribution in [2.45, 2.75) is 70.9 Å². The van der Waals surface area contributed by atoms with Gasteiger partial charge in [-0.05, 0) is 37.5 Å². The molecule has 26 heavy (non-hydrogen) atoms. The molecule has 1 saturated carbocycles. The summed E-state index contributed by atoms with van der Waals surface area (Å²) < 4.78 is 1.75. The Hall–Kier alpha value is -1.81. The van der Waals surface area contributed by atoms with Crippen molar-refractivity contribution in [3.8, 4) is 5.75 Å². The number of aryl methyl sites for hydroxylation is 1. The minimum absolute atomic E-state index is 0.0150. The van der Waals surface area contributed by atoms with Gasteiger partial charge in [-0.3, -0.25) is 9.79 Å². The molecule has 1 aliphatic rings. The lowest BCUT2D eigenvalue weighted by Gasteiger charge is -2.17. The average molecular weight is 375 g/mol. The lowest BCUT2D eigenvalue weighted by Crippen LogP contribution is -2.25. The number of aliphatic imine (C=N–C) groups is 1. The van der Waals surface area contributed by atoms with Gasteiger partial charge in [0, 0.05) is 29.2 Å². The van der Waals surface area contributed by atoms with Gasteiger partial charge in [-0.2, -0.15) is 0 Å². The van der Waals surface area contributed by atoms with E-state index in [4.69, 9.17) is 11.6 Å². The minimum atomic E-state index is -0.173. The number of aromatic nitrogens is 1. The third kappa shape index (κ3) is 4.12. The molecule has 0 saturated heterocycles. The molecule has 0 amide bonds. The quantitative estimate of drug-likeness (QED) is 0.550. The van der Waals surface area contributed by atoms with Crippen LogP contribution in [0.5, 0.6) is 5.75 Å². The molecule has 0 bridgehead atoms. The maximum atomic E-state index is 13.0. The highest BCUT2D eigenvalue weighted by molar-refractivity contribution is 6.31. The molecule has 0 spiro atoms. The first-order chi connectivity index (χ1) is 12.6. The smallest absolute Gasteiger partial charge is 0.263 e. The van der Waals surface area contributed by atoms with Crippen LogP contribution in [0.3, 0.4) is 0 Å². The molecule has 1 aromatic carbocycles. The summed E-state index contributed by atoms with van der Waals surface area (Å²) in [6.07, 6.45) is 10.4. The van der Waals surface area contributed by atoms with Gasteiger partial charge < -0.3 is 9.67 Å². The second-order valence-corrected chi connectivity index (χ2v) is 7.59. The van der Waals surface area contributed by atoms with E-state index in [1.807, 2.05) is 6.07 Å².